The summed E-state index contributed by atoms with van der Waals surface area (Å²) in [6, 6.07) is 0. The van der Waals surface area contributed by atoms with Crippen LogP contribution in [-0.2, 0) is 6.42 Å². The van der Waals surface area contributed by atoms with Crippen molar-refractivity contribution in [1.29, 1.82) is 0 Å². The van der Waals surface area contributed by atoms with E-state index >= 15 is 0 Å². The molecule has 2 rings (SSSR count). The van der Waals surface area contributed by atoms with Crippen molar-refractivity contribution in [3.05, 3.63) is 16.5 Å². The lowest BCUT2D eigenvalue weighted by Gasteiger charge is -2.20. The van der Waals surface area contributed by atoms with Gasteiger partial charge in [0.25, 0.3) is 0 Å². The average Bonchev–Trinajstić information content (AvgIpc) is 2.68. The molecule has 1 atom stereocenters. The molecule has 1 fully saturated rings. The SMILES string of the molecule is CCc1nc(Cl)c(C)c(N2CCC(C)C2)n1. The number of rotatable bonds is 2. The van der Waals surface area contributed by atoms with Crippen LogP contribution in [0.1, 0.15) is 31.7 Å². The summed E-state index contributed by atoms with van der Waals surface area (Å²) in [5, 5.41) is 0.599. The molecule has 0 radical (unpaired) electrons. The smallest absolute Gasteiger partial charge is 0.137 e. The fourth-order valence-corrected chi connectivity index (χ4v) is 2.30. The highest BCUT2D eigenvalue weighted by Crippen LogP contribution is 2.28. The van der Waals surface area contributed by atoms with Gasteiger partial charge in [0.1, 0.15) is 16.8 Å². The lowest BCUT2D eigenvalue weighted by molar-refractivity contribution is 0.658. The second-order valence-corrected chi connectivity index (χ2v) is 4.93. The minimum atomic E-state index is 0.599. The number of anilines is 1. The fraction of sp³-hybridized carbons (Fsp3) is 0.667. The van der Waals surface area contributed by atoms with Crippen molar-refractivity contribution in [2.75, 3.05) is 18.0 Å². The Balaban J connectivity index is 2.35. The van der Waals surface area contributed by atoms with E-state index in [1.807, 2.05) is 6.92 Å². The molecule has 4 heteroatoms. The van der Waals surface area contributed by atoms with E-state index in [4.69, 9.17) is 11.6 Å². The fourth-order valence-electron chi connectivity index (χ4n) is 2.11. The van der Waals surface area contributed by atoms with Gasteiger partial charge in [-0.3, -0.25) is 0 Å². The molecule has 0 aromatic carbocycles. The second kappa shape index (κ2) is 4.58. The molecule has 1 aromatic heterocycles. The Hall–Kier alpha value is -0.830. The van der Waals surface area contributed by atoms with Gasteiger partial charge in [0.05, 0.1) is 0 Å². The first kappa shape index (κ1) is 11.6. The largest absolute Gasteiger partial charge is 0.356 e. The highest BCUT2D eigenvalue weighted by atomic mass is 35.5. The third-order valence-electron chi connectivity index (χ3n) is 3.15. The third kappa shape index (κ3) is 2.14. The summed E-state index contributed by atoms with van der Waals surface area (Å²) < 4.78 is 0. The van der Waals surface area contributed by atoms with E-state index in [0.29, 0.717) is 5.15 Å². The molecule has 88 valence electrons. The highest BCUT2D eigenvalue weighted by molar-refractivity contribution is 6.30. The molecule has 1 aromatic rings. The molecule has 0 aliphatic carbocycles. The predicted octanol–water partition coefficient (Wildman–Crippen LogP) is 2.85. The van der Waals surface area contributed by atoms with Gasteiger partial charge in [0.2, 0.25) is 0 Å². The van der Waals surface area contributed by atoms with Crippen LogP contribution in [0.2, 0.25) is 5.15 Å². The second-order valence-electron chi connectivity index (χ2n) is 4.57. The van der Waals surface area contributed by atoms with Crippen molar-refractivity contribution in [2.45, 2.75) is 33.6 Å². The Kier molecular flexibility index (Phi) is 3.33. The van der Waals surface area contributed by atoms with Crippen molar-refractivity contribution in [1.82, 2.24) is 9.97 Å². The molecule has 0 bridgehead atoms. The zero-order valence-electron chi connectivity index (χ0n) is 10.1. The summed E-state index contributed by atoms with van der Waals surface area (Å²) >= 11 is 6.13. The standard InChI is InChI=1S/C12H18ClN3/c1-4-10-14-11(13)9(3)12(15-10)16-6-5-8(2)7-16/h8H,4-7H2,1-3H3. The minimum Gasteiger partial charge on any atom is -0.356 e. The molecule has 0 saturated carbocycles. The maximum Gasteiger partial charge on any atom is 0.137 e. The van der Waals surface area contributed by atoms with Crippen molar-refractivity contribution >= 4 is 17.4 Å². The molecule has 0 N–H and O–H groups in total. The Bertz CT molecular complexity index is 392. The van der Waals surface area contributed by atoms with Gasteiger partial charge in [0.15, 0.2) is 0 Å². The van der Waals surface area contributed by atoms with Crippen LogP contribution < -0.4 is 4.90 Å². The van der Waals surface area contributed by atoms with Gasteiger partial charge >= 0.3 is 0 Å². The van der Waals surface area contributed by atoms with Crippen molar-refractivity contribution in [2.24, 2.45) is 5.92 Å². The summed E-state index contributed by atoms with van der Waals surface area (Å²) in [6.45, 7) is 8.49. The molecule has 1 saturated heterocycles. The van der Waals surface area contributed by atoms with E-state index in [-0.39, 0.29) is 0 Å². The number of aryl methyl sites for hydroxylation is 1. The van der Waals surface area contributed by atoms with Crippen LogP contribution in [0.25, 0.3) is 0 Å². The van der Waals surface area contributed by atoms with Gasteiger partial charge in [-0.25, -0.2) is 9.97 Å². The van der Waals surface area contributed by atoms with Gasteiger partial charge in [-0.1, -0.05) is 25.4 Å². The third-order valence-corrected chi connectivity index (χ3v) is 3.51. The van der Waals surface area contributed by atoms with Crippen LogP contribution in [0.15, 0.2) is 0 Å². The molecule has 1 aliphatic rings. The van der Waals surface area contributed by atoms with Crippen molar-refractivity contribution in [3.63, 3.8) is 0 Å². The van der Waals surface area contributed by atoms with E-state index in [1.165, 1.54) is 6.42 Å². The Labute approximate surface area is 102 Å². The van der Waals surface area contributed by atoms with Crippen LogP contribution in [0.4, 0.5) is 5.82 Å². The molecule has 1 aliphatic heterocycles. The maximum absolute atomic E-state index is 6.13. The highest BCUT2D eigenvalue weighted by Gasteiger charge is 2.22. The molecule has 0 amide bonds. The van der Waals surface area contributed by atoms with E-state index in [2.05, 4.69) is 28.7 Å². The first-order chi connectivity index (χ1) is 7.61. The van der Waals surface area contributed by atoms with Gasteiger partial charge in [0, 0.05) is 25.1 Å². The van der Waals surface area contributed by atoms with E-state index in [1.54, 1.807) is 0 Å². The monoisotopic (exact) mass is 239 g/mol. The summed E-state index contributed by atoms with van der Waals surface area (Å²) in [6.07, 6.45) is 2.07. The van der Waals surface area contributed by atoms with E-state index < -0.39 is 0 Å². The van der Waals surface area contributed by atoms with Gasteiger partial charge < -0.3 is 4.90 Å². The molecule has 16 heavy (non-hydrogen) atoms. The predicted molar refractivity (Wildman–Crippen MR) is 67.2 cm³/mol. The summed E-state index contributed by atoms with van der Waals surface area (Å²) in [7, 11) is 0. The van der Waals surface area contributed by atoms with Gasteiger partial charge in [-0.15, -0.1) is 0 Å². The lowest BCUT2D eigenvalue weighted by atomic mass is 10.2. The molecule has 1 unspecified atom stereocenters. The van der Waals surface area contributed by atoms with Crippen molar-refractivity contribution < 1.29 is 0 Å². The number of halogens is 1. The Morgan fingerprint density at radius 2 is 2.19 bits per heavy atom. The molecule has 0 spiro atoms. The molecular weight excluding hydrogens is 222 g/mol. The maximum atomic E-state index is 6.13. The lowest BCUT2D eigenvalue weighted by Crippen LogP contribution is -2.22. The Morgan fingerprint density at radius 1 is 1.44 bits per heavy atom. The van der Waals surface area contributed by atoms with Crippen LogP contribution in [0.3, 0.4) is 0 Å². The zero-order chi connectivity index (χ0) is 11.7. The molecule has 3 nitrogen and oxygen atoms in total. The van der Waals surface area contributed by atoms with Crippen LogP contribution >= 0.6 is 11.6 Å². The molecule has 2 heterocycles. The topological polar surface area (TPSA) is 29.0 Å². The van der Waals surface area contributed by atoms with Crippen LogP contribution in [-0.4, -0.2) is 23.1 Å². The van der Waals surface area contributed by atoms with E-state index in [0.717, 1.165) is 42.6 Å². The van der Waals surface area contributed by atoms with Crippen LogP contribution in [0, 0.1) is 12.8 Å². The summed E-state index contributed by atoms with van der Waals surface area (Å²) in [5.74, 6) is 2.62. The van der Waals surface area contributed by atoms with Gasteiger partial charge in [-0.2, -0.15) is 0 Å². The first-order valence-corrected chi connectivity index (χ1v) is 6.27. The normalized spacial score (nSPS) is 20.5. The number of nitrogens with zero attached hydrogens (tertiary/aromatic N) is 3. The zero-order valence-corrected chi connectivity index (χ0v) is 10.9. The molecular formula is C12H18ClN3. The summed E-state index contributed by atoms with van der Waals surface area (Å²) in [4.78, 5) is 11.2. The number of hydrogen-bond donors (Lipinski definition) is 0. The van der Waals surface area contributed by atoms with E-state index in [9.17, 15) is 0 Å². The quantitative estimate of drug-likeness (QED) is 0.744. The number of hydrogen-bond acceptors (Lipinski definition) is 3. The summed E-state index contributed by atoms with van der Waals surface area (Å²) in [5.41, 5.74) is 1.01. The minimum absolute atomic E-state index is 0.599. The first-order valence-electron chi connectivity index (χ1n) is 5.89. The average molecular weight is 240 g/mol. The Morgan fingerprint density at radius 3 is 2.75 bits per heavy atom. The number of aromatic nitrogens is 2. The van der Waals surface area contributed by atoms with Crippen molar-refractivity contribution in [3.8, 4) is 0 Å². The van der Waals surface area contributed by atoms with Gasteiger partial charge in [-0.05, 0) is 19.3 Å². The van der Waals surface area contributed by atoms with Crippen LogP contribution in [0.5, 0.6) is 0 Å².